The van der Waals surface area contributed by atoms with Gasteiger partial charge in [0, 0.05) is 58.6 Å². The summed E-state index contributed by atoms with van der Waals surface area (Å²) in [5, 5.41) is 23.2. The van der Waals surface area contributed by atoms with Crippen molar-refractivity contribution in [2.24, 2.45) is 29.6 Å². The summed E-state index contributed by atoms with van der Waals surface area (Å²) in [6.07, 6.45) is 11.0. The first-order chi connectivity index (χ1) is 32.4. The van der Waals surface area contributed by atoms with Crippen LogP contribution in [0.1, 0.15) is 113 Å². The van der Waals surface area contributed by atoms with E-state index in [4.69, 9.17) is 28.4 Å². The molecule has 17 nitrogen and oxygen atoms in total. The molecular weight excluding hydrogens is 913 g/mol. The summed E-state index contributed by atoms with van der Waals surface area (Å²) < 4.78 is 62.3. The number of methoxy groups -OCH3 is 3. The molecule has 14 atom stereocenters. The first-order valence-corrected chi connectivity index (χ1v) is 26.3. The predicted molar refractivity (Wildman–Crippen MR) is 260 cm³/mol. The third-order valence-electron chi connectivity index (χ3n) is 14.2. The number of esters is 1. The number of fused-ring (bicyclic) bond motifs is 2. The normalized spacial score (nSPS) is 37.0. The number of amides is 1. The van der Waals surface area contributed by atoms with E-state index in [1.165, 1.54) is 21.1 Å². The van der Waals surface area contributed by atoms with Gasteiger partial charge in [0.2, 0.25) is 15.8 Å². The zero-order chi connectivity index (χ0) is 51.8. The van der Waals surface area contributed by atoms with Crippen molar-refractivity contribution in [2.75, 3.05) is 47.8 Å². The van der Waals surface area contributed by atoms with Crippen LogP contribution in [0.15, 0.2) is 47.6 Å². The number of Topliss-reactive ketones (excluding diaryl/α,β-unsaturated/α-hetero) is 3. The van der Waals surface area contributed by atoms with E-state index in [-0.39, 0.29) is 54.9 Å². The number of aliphatic hydroxyl groups excluding tert-OH is 1. The Morgan fingerprint density at radius 2 is 1.59 bits per heavy atom. The van der Waals surface area contributed by atoms with Crippen molar-refractivity contribution in [1.29, 1.82) is 0 Å². The summed E-state index contributed by atoms with van der Waals surface area (Å²) >= 11 is 0. The molecule has 69 heavy (non-hydrogen) atoms. The van der Waals surface area contributed by atoms with Crippen molar-refractivity contribution in [3.8, 4) is 0 Å². The van der Waals surface area contributed by atoms with Crippen LogP contribution in [-0.2, 0) is 62.4 Å². The van der Waals surface area contributed by atoms with Crippen molar-refractivity contribution < 1.29 is 71.0 Å². The second-order valence-electron chi connectivity index (χ2n) is 19.6. The zero-order valence-electron chi connectivity index (χ0n) is 43.0. The van der Waals surface area contributed by atoms with E-state index < -0.39 is 87.7 Å². The quantitative estimate of drug-likeness (QED) is 0.107. The van der Waals surface area contributed by atoms with Crippen LogP contribution >= 0.6 is 0 Å². The highest BCUT2D eigenvalue weighted by molar-refractivity contribution is 7.88. The molecule has 0 aromatic heterocycles. The Morgan fingerprint density at radius 3 is 2.23 bits per heavy atom. The van der Waals surface area contributed by atoms with Gasteiger partial charge in [-0.3, -0.25) is 19.2 Å². The van der Waals surface area contributed by atoms with E-state index in [0.29, 0.717) is 56.5 Å². The van der Waals surface area contributed by atoms with Gasteiger partial charge in [-0.1, -0.05) is 69.7 Å². The van der Waals surface area contributed by atoms with Crippen molar-refractivity contribution in [1.82, 2.24) is 9.62 Å². The number of rotatable bonds is 11. The van der Waals surface area contributed by atoms with Gasteiger partial charge in [0.25, 0.3) is 11.7 Å². The molecule has 3 N–H and O–H groups in total. The number of aliphatic hydroxyl groups is 2. The highest BCUT2D eigenvalue weighted by Crippen LogP contribution is 2.37. The number of hydrogen-bond acceptors (Lipinski definition) is 15. The smallest absolute Gasteiger partial charge is 0.328 e. The topological polar surface area (TPSA) is 231 Å². The van der Waals surface area contributed by atoms with Gasteiger partial charge in [-0.05, 0) is 96.0 Å². The standard InChI is InChI=1S/C51H82N2O15S/c1-31-18-16-14-13-15-17-19-32(2)45(55)47(65-11)46(56)35(5)26-33(3)41(54)30-43(34(4)27-38-21-23-42(44(28-38)64-10)66-25-24-63-9)67-50(59)37(7)53(8)49(58)48(57)51(60)36(6)20-22-39(68-51)29-40(31)52-69(12,61)62/h13-16,18,26,32-34,36-40,42-44,46-47,52,56,60H,17,19-25,27-30H2,1-12H3/b15-13+,16-14+,31-18+,35-26+/t32?,33?,34-,36+,37?,38+,39-,40?,42-,43?,44-,46?,47?,51+/m1/s1. The first-order valence-electron chi connectivity index (χ1n) is 24.4. The van der Waals surface area contributed by atoms with Crippen LogP contribution in [0.2, 0.25) is 0 Å². The number of cyclic esters (lactones) is 1. The van der Waals surface area contributed by atoms with Crippen LogP contribution in [0, 0.1) is 29.6 Å². The molecule has 2 fully saturated rings. The van der Waals surface area contributed by atoms with Crippen LogP contribution in [0.3, 0.4) is 0 Å². The van der Waals surface area contributed by atoms with Gasteiger partial charge >= 0.3 is 5.97 Å². The van der Waals surface area contributed by atoms with E-state index in [0.717, 1.165) is 24.0 Å². The maximum Gasteiger partial charge on any atom is 0.328 e. The van der Waals surface area contributed by atoms with Crippen LogP contribution in [0.25, 0.3) is 0 Å². The number of carbonyl (C=O) groups excluding carboxylic acids is 5. The van der Waals surface area contributed by atoms with E-state index in [1.54, 1.807) is 79.2 Å². The number of allylic oxidation sites excluding steroid dienone is 6. The monoisotopic (exact) mass is 995 g/mol. The average Bonchev–Trinajstić information content (AvgIpc) is 3.30. The molecule has 1 aliphatic carbocycles. The lowest BCUT2D eigenvalue weighted by molar-refractivity contribution is -0.263. The zero-order valence-corrected chi connectivity index (χ0v) is 43.8. The minimum absolute atomic E-state index is 0.0267. The molecule has 0 aromatic carbocycles. The average molecular weight is 995 g/mol. The van der Waals surface area contributed by atoms with E-state index in [1.807, 2.05) is 13.0 Å². The highest BCUT2D eigenvalue weighted by atomic mass is 32.2. The number of ketones is 3. The van der Waals surface area contributed by atoms with Gasteiger partial charge in [-0.15, -0.1) is 0 Å². The summed E-state index contributed by atoms with van der Waals surface area (Å²) in [6.45, 7) is 12.5. The van der Waals surface area contributed by atoms with Gasteiger partial charge < -0.3 is 43.5 Å². The minimum Gasteiger partial charge on any atom is -0.460 e. The molecule has 2 bridgehead atoms. The Kier molecular flexibility index (Phi) is 24.2. The fraction of sp³-hybridized carbons (Fsp3) is 0.745. The lowest BCUT2D eigenvalue weighted by Crippen LogP contribution is -2.59. The number of sulfonamides is 1. The minimum atomic E-state index is -3.74. The molecule has 1 saturated carbocycles. The summed E-state index contributed by atoms with van der Waals surface area (Å²) in [5.41, 5.74) is 0.967. The third-order valence-corrected chi connectivity index (χ3v) is 14.9. The fourth-order valence-corrected chi connectivity index (χ4v) is 10.1. The number of nitrogens with one attached hydrogen (secondary N) is 1. The van der Waals surface area contributed by atoms with Gasteiger partial charge in [0.15, 0.2) is 5.78 Å². The molecule has 7 unspecified atom stereocenters. The summed E-state index contributed by atoms with van der Waals surface area (Å²) in [7, 11) is 2.10. The molecule has 3 rings (SSSR count). The lowest BCUT2D eigenvalue weighted by atomic mass is 9.78. The second kappa shape index (κ2) is 28.0. The van der Waals surface area contributed by atoms with Crippen LogP contribution in [0.5, 0.6) is 0 Å². The Bertz CT molecular complexity index is 1970. The molecule has 3 aliphatic rings. The molecule has 0 spiro atoms. The fourth-order valence-electron chi connectivity index (χ4n) is 9.34. The van der Waals surface area contributed by atoms with Crippen molar-refractivity contribution in [2.45, 2.75) is 167 Å². The van der Waals surface area contributed by atoms with Crippen molar-refractivity contribution >= 4 is 39.2 Å². The van der Waals surface area contributed by atoms with Crippen molar-refractivity contribution in [3.63, 3.8) is 0 Å². The molecule has 2 heterocycles. The van der Waals surface area contributed by atoms with Gasteiger partial charge in [-0.2, -0.15) is 0 Å². The predicted octanol–water partition coefficient (Wildman–Crippen LogP) is 4.97. The number of carbonyl (C=O) groups is 5. The van der Waals surface area contributed by atoms with E-state index >= 15 is 0 Å². The molecule has 1 saturated heterocycles. The van der Waals surface area contributed by atoms with E-state index in [2.05, 4.69) is 4.72 Å². The third kappa shape index (κ3) is 17.7. The molecule has 1 amide bonds. The summed E-state index contributed by atoms with van der Waals surface area (Å²) in [4.78, 5) is 70.6. The summed E-state index contributed by atoms with van der Waals surface area (Å²) in [5.74, 6) is -8.90. The Hall–Kier alpha value is -3.46. The number of likely N-dealkylation sites (N-methyl/N-ethyl adjacent to an activating group) is 1. The molecule has 0 aromatic rings. The molecule has 18 heteroatoms. The SMILES string of the molecule is COCCO[C@@H]1CC[C@@H](C[C@@H](C)C2CC(=O)C(C)/C=C(\C)C(O)C(OC)C(=O)C(C)CC/C=C/C=C/C=C(\C)C(NS(C)(=O)=O)C[C@H]3CC[C@H](C)[C@](O)(O3)C(=O)C(=O)N(C)C(C)C(=O)O2)C[C@H]1OC. The van der Waals surface area contributed by atoms with Gasteiger partial charge in [-0.25, -0.2) is 17.9 Å². The Labute approximate surface area is 410 Å². The number of nitrogens with zero attached hydrogens (tertiary/aromatic N) is 1. The Morgan fingerprint density at radius 1 is 0.899 bits per heavy atom. The summed E-state index contributed by atoms with van der Waals surface area (Å²) in [6, 6.07) is -2.15. The molecule has 0 radical (unpaired) electrons. The van der Waals surface area contributed by atoms with Gasteiger partial charge in [0.1, 0.15) is 30.1 Å². The maximum atomic E-state index is 14.1. The van der Waals surface area contributed by atoms with Crippen LogP contribution in [0.4, 0.5) is 0 Å². The molecular formula is C51H82N2O15S. The highest BCUT2D eigenvalue weighted by Gasteiger charge is 2.52. The van der Waals surface area contributed by atoms with Crippen LogP contribution < -0.4 is 4.72 Å². The molecule has 2 aliphatic heterocycles. The maximum absolute atomic E-state index is 14.1. The first kappa shape index (κ1) is 59.8. The number of ether oxygens (including phenoxy) is 6. The van der Waals surface area contributed by atoms with Crippen LogP contribution in [-0.4, -0.2) is 155 Å². The lowest BCUT2D eigenvalue weighted by Gasteiger charge is -2.42. The van der Waals surface area contributed by atoms with Gasteiger partial charge in [0.05, 0.1) is 37.8 Å². The largest absolute Gasteiger partial charge is 0.460 e. The van der Waals surface area contributed by atoms with E-state index in [9.17, 15) is 42.6 Å². The molecule has 392 valence electrons. The van der Waals surface area contributed by atoms with Crippen molar-refractivity contribution in [3.05, 3.63) is 47.6 Å². The second-order valence-corrected chi connectivity index (χ2v) is 21.4. The number of hydrogen-bond donors (Lipinski definition) is 3. The Balaban J connectivity index is 2.02.